The zero-order valence-electron chi connectivity index (χ0n) is 9.38. The van der Waals surface area contributed by atoms with Crippen molar-refractivity contribution in [2.24, 2.45) is 7.05 Å². The predicted octanol–water partition coefficient (Wildman–Crippen LogP) is -0.905. The summed E-state index contributed by atoms with van der Waals surface area (Å²) < 4.78 is 3.24. The van der Waals surface area contributed by atoms with Gasteiger partial charge in [0.15, 0.2) is 0 Å². The Hall–Kier alpha value is -2.31. The number of hydrogen-bond acceptors (Lipinski definition) is 4. The molecule has 0 aliphatic heterocycles. The van der Waals surface area contributed by atoms with Crippen LogP contribution in [0, 0.1) is 0 Å². The van der Waals surface area contributed by atoms with E-state index in [-0.39, 0.29) is 5.69 Å². The van der Waals surface area contributed by atoms with Crippen molar-refractivity contribution in [2.45, 2.75) is 13.0 Å². The van der Waals surface area contributed by atoms with Gasteiger partial charge in [-0.25, -0.2) is 9.78 Å². The highest BCUT2D eigenvalue weighted by Crippen LogP contribution is 1.97. The second-order valence-electron chi connectivity index (χ2n) is 3.74. The normalized spacial score (nSPS) is 10.6. The molecule has 2 heterocycles. The number of nitrogens with zero attached hydrogens (tertiary/aromatic N) is 3. The summed E-state index contributed by atoms with van der Waals surface area (Å²) in [4.78, 5) is 28.8. The van der Waals surface area contributed by atoms with Gasteiger partial charge in [0.25, 0.3) is 5.56 Å². The van der Waals surface area contributed by atoms with E-state index in [2.05, 4.69) is 9.97 Å². The lowest BCUT2D eigenvalue weighted by atomic mass is 10.4. The van der Waals surface area contributed by atoms with Gasteiger partial charge in [-0.1, -0.05) is 0 Å². The van der Waals surface area contributed by atoms with Gasteiger partial charge < -0.3 is 10.3 Å². The summed E-state index contributed by atoms with van der Waals surface area (Å²) in [6.45, 7) is 0.421. The third-order valence-electron chi connectivity index (χ3n) is 2.54. The first-order valence-corrected chi connectivity index (χ1v) is 5.13. The first-order chi connectivity index (χ1) is 8.08. The van der Waals surface area contributed by atoms with Gasteiger partial charge in [0, 0.05) is 38.6 Å². The third-order valence-corrected chi connectivity index (χ3v) is 2.54. The molecular formula is C10H13N5O2. The lowest BCUT2D eigenvalue weighted by Crippen LogP contribution is -2.31. The van der Waals surface area contributed by atoms with Crippen molar-refractivity contribution in [3.05, 3.63) is 45.3 Å². The summed E-state index contributed by atoms with van der Waals surface area (Å²) in [5, 5.41) is 0. The molecule has 0 saturated carbocycles. The fraction of sp³-hybridized carbons (Fsp3) is 0.300. The highest BCUT2D eigenvalue weighted by atomic mass is 16.2. The van der Waals surface area contributed by atoms with Crippen LogP contribution < -0.4 is 17.0 Å². The van der Waals surface area contributed by atoms with Gasteiger partial charge in [-0.15, -0.1) is 0 Å². The lowest BCUT2D eigenvalue weighted by Gasteiger charge is -2.05. The minimum Gasteiger partial charge on any atom is -0.393 e. The fourth-order valence-corrected chi connectivity index (χ4v) is 1.55. The van der Waals surface area contributed by atoms with E-state index in [1.54, 1.807) is 6.20 Å². The second-order valence-corrected chi connectivity index (χ2v) is 3.74. The molecule has 7 nitrogen and oxygen atoms in total. The molecule has 0 atom stereocenters. The number of aromatic nitrogens is 4. The number of hydrogen-bond donors (Lipinski definition) is 2. The van der Waals surface area contributed by atoms with Crippen molar-refractivity contribution in [2.75, 3.05) is 5.73 Å². The van der Waals surface area contributed by atoms with Crippen LogP contribution in [0.25, 0.3) is 0 Å². The van der Waals surface area contributed by atoms with Crippen LogP contribution in [0.4, 0.5) is 5.69 Å². The van der Waals surface area contributed by atoms with E-state index in [4.69, 9.17) is 5.73 Å². The maximum atomic E-state index is 11.5. The second kappa shape index (κ2) is 4.28. The number of H-pyrrole nitrogens is 1. The average Bonchev–Trinajstić information content (AvgIpc) is 2.68. The topological polar surface area (TPSA) is 98.7 Å². The Morgan fingerprint density at radius 1 is 1.47 bits per heavy atom. The first-order valence-electron chi connectivity index (χ1n) is 5.13. The molecule has 0 fully saturated rings. The minimum absolute atomic E-state index is 0.0319. The highest BCUT2D eigenvalue weighted by Gasteiger charge is 2.03. The van der Waals surface area contributed by atoms with Gasteiger partial charge >= 0.3 is 5.69 Å². The highest BCUT2D eigenvalue weighted by molar-refractivity contribution is 5.30. The molecular weight excluding hydrogens is 222 g/mol. The number of nitrogen functional groups attached to an aromatic ring is 1. The summed E-state index contributed by atoms with van der Waals surface area (Å²) >= 11 is 0. The molecule has 90 valence electrons. The van der Waals surface area contributed by atoms with E-state index < -0.39 is 11.2 Å². The van der Waals surface area contributed by atoms with Crippen LogP contribution in [0.15, 0.2) is 28.2 Å². The molecule has 0 bridgehead atoms. The largest absolute Gasteiger partial charge is 0.393 e. The molecule has 0 aliphatic carbocycles. The summed E-state index contributed by atoms with van der Waals surface area (Å²) in [7, 11) is 1.88. The van der Waals surface area contributed by atoms with Crippen molar-refractivity contribution in [3.63, 3.8) is 0 Å². The molecule has 0 spiro atoms. The quantitative estimate of drug-likeness (QED) is 0.719. The Bertz CT molecular complexity index is 637. The zero-order valence-corrected chi connectivity index (χ0v) is 9.38. The van der Waals surface area contributed by atoms with E-state index in [1.807, 2.05) is 17.8 Å². The van der Waals surface area contributed by atoms with E-state index in [1.165, 1.54) is 10.8 Å². The van der Waals surface area contributed by atoms with Crippen LogP contribution in [-0.2, 0) is 20.0 Å². The Kier molecular flexibility index (Phi) is 2.82. The van der Waals surface area contributed by atoms with Gasteiger partial charge in [-0.3, -0.25) is 14.3 Å². The van der Waals surface area contributed by atoms with Gasteiger partial charge in [0.1, 0.15) is 11.5 Å². The number of nitrogens with one attached hydrogen (secondary N) is 1. The standard InChI is InChI=1S/C10H13N5O2/c1-14-5-3-12-8(14)2-4-15-6-7(11)9(16)13-10(15)17/h3,5-6H,2,4,11H2,1H3,(H,13,16,17). The molecule has 0 radical (unpaired) electrons. The van der Waals surface area contributed by atoms with Crippen molar-refractivity contribution in [3.8, 4) is 0 Å². The molecule has 0 aromatic carbocycles. The number of aryl methyl sites for hydroxylation is 3. The van der Waals surface area contributed by atoms with Crippen LogP contribution in [-0.4, -0.2) is 19.1 Å². The Morgan fingerprint density at radius 2 is 2.24 bits per heavy atom. The van der Waals surface area contributed by atoms with Gasteiger partial charge in [0.2, 0.25) is 0 Å². The summed E-state index contributed by atoms with van der Waals surface area (Å²) in [6, 6.07) is 0. The molecule has 2 aromatic rings. The predicted molar refractivity (Wildman–Crippen MR) is 62.6 cm³/mol. The van der Waals surface area contributed by atoms with E-state index in [9.17, 15) is 9.59 Å². The maximum Gasteiger partial charge on any atom is 0.328 e. The molecule has 0 amide bonds. The number of imidazole rings is 1. The van der Waals surface area contributed by atoms with Crippen LogP contribution in [0.3, 0.4) is 0 Å². The molecule has 2 rings (SSSR count). The smallest absolute Gasteiger partial charge is 0.328 e. The Morgan fingerprint density at radius 3 is 2.88 bits per heavy atom. The van der Waals surface area contributed by atoms with Crippen LogP contribution in [0.5, 0.6) is 0 Å². The van der Waals surface area contributed by atoms with Gasteiger partial charge in [-0.05, 0) is 0 Å². The lowest BCUT2D eigenvalue weighted by molar-refractivity contribution is 0.616. The first kappa shape index (κ1) is 11.2. The minimum atomic E-state index is -0.553. The molecule has 7 heteroatoms. The summed E-state index contributed by atoms with van der Waals surface area (Å²) in [6.07, 6.45) is 5.47. The monoisotopic (exact) mass is 235 g/mol. The summed E-state index contributed by atoms with van der Waals surface area (Å²) in [5.74, 6) is 0.863. The fourth-order valence-electron chi connectivity index (χ4n) is 1.55. The molecule has 3 N–H and O–H groups in total. The average molecular weight is 235 g/mol. The van der Waals surface area contributed by atoms with E-state index >= 15 is 0 Å². The van der Waals surface area contributed by atoms with Crippen molar-refractivity contribution >= 4 is 5.69 Å². The van der Waals surface area contributed by atoms with Gasteiger partial charge in [0.05, 0.1) is 0 Å². The summed E-state index contributed by atoms with van der Waals surface area (Å²) in [5.41, 5.74) is 4.46. The molecule has 0 aliphatic rings. The number of nitrogens with two attached hydrogens (primary N) is 1. The number of rotatable bonds is 3. The van der Waals surface area contributed by atoms with Gasteiger partial charge in [-0.2, -0.15) is 0 Å². The molecule has 0 saturated heterocycles. The van der Waals surface area contributed by atoms with Crippen LogP contribution in [0.2, 0.25) is 0 Å². The molecule has 17 heavy (non-hydrogen) atoms. The van der Waals surface area contributed by atoms with Crippen molar-refractivity contribution in [1.29, 1.82) is 0 Å². The molecule has 0 unspecified atom stereocenters. The van der Waals surface area contributed by atoms with E-state index in [0.717, 1.165) is 5.82 Å². The van der Waals surface area contributed by atoms with Crippen molar-refractivity contribution in [1.82, 2.24) is 19.1 Å². The molecule has 2 aromatic heterocycles. The maximum absolute atomic E-state index is 11.5. The number of anilines is 1. The van der Waals surface area contributed by atoms with Crippen LogP contribution >= 0.6 is 0 Å². The zero-order chi connectivity index (χ0) is 12.4. The SMILES string of the molecule is Cn1ccnc1CCn1cc(N)c(=O)[nH]c1=O. The number of aromatic amines is 1. The Balaban J connectivity index is 2.20. The van der Waals surface area contributed by atoms with Crippen molar-refractivity contribution < 1.29 is 0 Å². The Labute approximate surface area is 96.5 Å². The third kappa shape index (κ3) is 2.27. The van der Waals surface area contributed by atoms with Crippen LogP contribution in [0.1, 0.15) is 5.82 Å². The van der Waals surface area contributed by atoms with E-state index in [0.29, 0.717) is 13.0 Å².